The Morgan fingerprint density at radius 1 is 1.00 bits per heavy atom. The van der Waals surface area contributed by atoms with Crippen molar-refractivity contribution in [2.75, 3.05) is 13.1 Å². The second-order valence-corrected chi connectivity index (χ2v) is 7.87. The summed E-state index contributed by atoms with van der Waals surface area (Å²) in [6, 6.07) is 7.60. The Labute approximate surface area is 129 Å². The molecule has 1 aromatic carbocycles. The van der Waals surface area contributed by atoms with E-state index in [0.29, 0.717) is 23.4 Å². The van der Waals surface area contributed by atoms with Crippen LogP contribution < -0.4 is 10.0 Å². The summed E-state index contributed by atoms with van der Waals surface area (Å²) in [5, 5.41) is 3.26. The smallest absolute Gasteiger partial charge is 0.240 e. The first-order valence-corrected chi connectivity index (χ1v) is 9.11. The Balaban J connectivity index is 2.50. The highest BCUT2D eigenvalue weighted by atomic mass is 32.2. The average molecular weight is 312 g/mol. The lowest BCUT2D eigenvalue weighted by Gasteiger charge is -2.10. The molecule has 0 amide bonds. The van der Waals surface area contributed by atoms with E-state index in [4.69, 9.17) is 0 Å². The molecule has 4 nitrogen and oxygen atoms in total. The summed E-state index contributed by atoms with van der Waals surface area (Å²) in [4.78, 5) is 0.340. The largest absolute Gasteiger partial charge is 0.314 e. The second kappa shape index (κ2) is 8.51. The molecule has 0 spiro atoms. The molecule has 0 aliphatic rings. The molecule has 0 radical (unpaired) electrons. The summed E-state index contributed by atoms with van der Waals surface area (Å²) in [5.41, 5.74) is 1.17. The number of hydrogen-bond donors (Lipinski definition) is 2. The lowest BCUT2D eigenvalue weighted by Crippen LogP contribution is -2.29. The molecule has 0 heterocycles. The zero-order chi connectivity index (χ0) is 15.9. The fraction of sp³-hybridized carbons (Fsp3) is 0.625. The number of sulfonamides is 1. The third-order valence-electron chi connectivity index (χ3n) is 3.08. The molecular formula is C16H28N2O2S. The minimum atomic E-state index is -3.38. The van der Waals surface area contributed by atoms with Gasteiger partial charge in [-0.2, -0.15) is 0 Å². The predicted octanol–water partition coefficient (Wildman–Crippen LogP) is 2.55. The van der Waals surface area contributed by atoms with E-state index >= 15 is 0 Å². The van der Waals surface area contributed by atoms with Crippen LogP contribution in [0.15, 0.2) is 29.2 Å². The molecule has 0 unspecified atom stereocenters. The minimum Gasteiger partial charge on any atom is -0.314 e. The zero-order valence-electron chi connectivity index (χ0n) is 13.5. The molecule has 0 saturated heterocycles. The molecule has 0 saturated carbocycles. The first-order valence-electron chi connectivity index (χ1n) is 7.63. The van der Waals surface area contributed by atoms with Gasteiger partial charge in [0.15, 0.2) is 0 Å². The van der Waals surface area contributed by atoms with Crippen molar-refractivity contribution in [1.82, 2.24) is 10.0 Å². The van der Waals surface area contributed by atoms with Crippen LogP contribution in [0.4, 0.5) is 0 Å². The lowest BCUT2D eigenvalue weighted by atomic mass is 10.0. The van der Waals surface area contributed by atoms with Gasteiger partial charge >= 0.3 is 0 Å². The van der Waals surface area contributed by atoms with Crippen molar-refractivity contribution in [3.8, 4) is 0 Å². The molecular weight excluding hydrogens is 284 g/mol. The maximum Gasteiger partial charge on any atom is 0.240 e. The summed E-state index contributed by atoms with van der Waals surface area (Å²) in [7, 11) is -3.38. The highest BCUT2D eigenvalue weighted by Gasteiger charge is 2.13. The van der Waals surface area contributed by atoms with Crippen molar-refractivity contribution in [1.29, 1.82) is 0 Å². The predicted molar refractivity (Wildman–Crippen MR) is 87.9 cm³/mol. The van der Waals surface area contributed by atoms with Gasteiger partial charge in [0.1, 0.15) is 0 Å². The number of nitrogens with one attached hydrogen (secondary N) is 2. The summed E-state index contributed by atoms with van der Waals surface area (Å²) < 4.78 is 26.9. The van der Waals surface area contributed by atoms with E-state index in [0.717, 1.165) is 19.4 Å². The fourth-order valence-electron chi connectivity index (χ4n) is 2.05. The Hall–Kier alpha value is -0.910. The van der Waals surface area contributed by atoms with Gasteiger partial charge in [0.25, 0.3) is 0 Å². The summed E-state index contributed by atoms with van der Waals surface area (Å²) in [5.74, 6) is 0.569. The highest BCUT2D eigenvalue weighted by Crippen LogP contribution is 2.13. The lowest BCUT2D eigenvalue weighted by molar-refractivity contribution is 0.554. The van der Waals surface area contributed by atoms with Crippen molar-refractivity contribution in [3.05, 3.63) is 29.8 Å². The van der Waals surface area contributed by atoms with Gasteiger partial charge in [-0.05, 0) is 43.0 Å². The van der Waals surface area contributed by atoms with E-state index in [-0.39, 0.29) is 0 Å². The maximum absolute atomic E-state index is 12.1. The normalized spacial score (nSPS) is 12.3. The van der Waals surface area contributed by atoms with Gasteiger partial charge in [0, 0.05) is 12.6 Å². The Morgan fingerprint density at radius 3 is 2.14 bits per heavy atom. The van der Waals surface area contributed by atoms with E-state index in [9.17, 15) is 8.42 Å². The van der Waals surface area contributed by atoms with Gasteiger partial charge in [-0.25, -0.2) is 13.1 Å². The zero-order valence-corrected chi connectivity index (χ0v) is 14.3. The van der Waals surface area contributed by atoms with Crippen LogP contribution in [0.5, 0.6) is 0 Å². The molecule has 1 aromatic rings. The van der Waals surface area contributed by atoms with Gasteiger partial charge in [0.2, 0.25) is 10.0 Å². The molecule has 2 N–H and O–H groups in total. The van der Waals surface area contributed by atoms with Crippen LogP contribution in [0.3, 0.4) is 0 Å². The van der Waals surface area contributed by atoms with E-state index in [1.54, 1.807) is 12.1 Å². The second-order valence-electron chi connectivity index (χ2n) is 6.10. The third kappa shape index (κ3) is 7.07. The highest BCUT2D eigenvalue weighted by molar-refractivity contribution is 7.89. The molecule has 0 aromatic heterocycles. The number of rotatable bonds is 9. The van der Waals surface area contributed by atoms with Gasteiger partial charge in [0.05, 0.1) is 4.90 Å². The van der Waals surface area contributed by atoms with Gasteiger partial charge in [-0.1, -0.05) is 39.8 Å². The van der Waals surface area contributed by atoms with Crippen molar-refractivity contribution in [2.45, 2.75) is 51.5 Å². The summed E-state index contributed by atoms with van der Waals surface area (Å²) in [6.45, 7) is 9.71. The maximum atomic E-state index is 12.1. The van der Waals surface area contributed by atoms with Crippen LogP contribution in [-0.2, 0) is 16.4 Å². The number of benzene rings is 1. The summed E-state index contributed by atoms with van der Waals surface area (Å²) in [6.07, 6.45) is 1.75. The molecule has 1 rings (SSSR count). The topological polar surface area (TPSA) is 58.2 Å². The van der Waals surface area contributed by atoms with E-state index in [1.807, 2.05) is 12.1 Å². The van der Waals surface area contributed by atoms with E-state index < -0.39 is 10.0 Å². The van der Waals surface area contributed by atoms with Gasteiger partial charge < -0.3 is 5.32 Å². The quantitative estimate of drug-likeness (QED) is 0.689. The first kappa shape index (κ1) is 18.1. The van der Waals surface area contributed by atoms with Gasteiger partial charge in [-0.3, -0.25) is 0 Å². The minimum absolute atomic E-state index is 0.340. The average Bonchev–Trinajstić information content (AvgIpc) is 2.37. The first-order chi connectivity index (χ1) is 9.81. The van der Waals surface area contributed by atoms with Crippen molar-refractivity contribution < 1.29 is 8.42 Å². The van der Waals surface area contributed by atoms with E-state index in [1.165, 1.54) is 5.56 Å². The Bertz CT molecular complexity index is 508. The van der Waals surface area contributed by atoms with Crippen molar-refractivity contribution >= 4 is 10.0 Å². The van der Waals surface area contributed by atoms with Crippen LogP contribution in [0, 0.1) is 5.92 Å². The molecule has 0 bridgehead atoms. The third-order valence-corrected chi connectivity index (χ3v) is 4.55. The molecule has 0 aliphatic carbocycles. The van der Waals surface area contributed by atoms with Crippen LogP contribution in [-0.4, -0.2) is 27.5 Å². The number of hydrogen-bond acceptors (Lipinski definition) is 3. The molecule has 5 heteroatoms. The van der Waals surface area contributed by atoms with Gasteiger partial charge in [-0.15, -0.1) is 0 Å². The van der Waals surface area contributed by atoms with Crippen LogP contribution in [0.2, 0.25) is 0 Å². The van der Waals surface area contributed by atoms with Crippen molar-refractivity contribution in [3.63, 3.8) is 0 Å². The fourth-order valence-corrected chi connectivity index (χ4v) is 3.12. The van der Waals surface area contributed by atoms with Crippen LogP contribution in [0.1, 0.15) is 39.7 Å². The Kier molecular flexibility index (Phi) is 7.35. The van der Waals surface area contributed by atoms with Crippen LogP contribution >= 0.6 is 0 Å². The standard InChI is InChI=1S/C16H28N2O2S/c1-13(2)12-15-6-8-16(9-7-15)21(19,20)18-11-5-10-17-14(3)4/h6-9,13-14,17-18H,5,10-12H2,1-4H3. The van der Waals surface area contributed by atoms with E-state index in [2.05, 4.69) is 37.7 Å². The molecule has 21 heavy (non-hydrogen) atoms. The SMILES string of the molecule is CC(C)Cc1ccc(S(=O)(=O)NCCCNC(C)C)cc1. The molecule has 0 aliphatic heterocycles. The van der Waals surface area contributed by atoms with Crippen LogP contribution in [0.25, 0.3) is 0 Å². The summed E-state index contributed by atoms with van der Waals surface area (Å²) >= 11 is 0. The monoisotopic (exact) mass is 312 g/mol. The molecule has 120 valence electrons. The molecule has 0 atom stereocenters. The Morgan fingerprint density at radius 2 is 1.62 bits per heavy atom. The van der Waals surface area contributed by atoms with Crippen molar-refractivity contribution in [2.24, 2.45) is 5.92 Å². The molecule has 0 fully saturated rings.